The lowest BCUT2D eigenvalue weighted by Crippen LogP contribution is -2.32. The van der Waals surface area contributed by atoms with Gasteiger partial charge in [-0.05, 0) is 65.5 Å². The van der Waals surface area contributed by atoms with Crippen molar-refractivity contribution in [2.24, 2.45) is 29.6 Å². The number of phenolic OH excluding ortho intramolecular Hbond substituents is 1. The molecule has 0 bridgehead atoms. The van der Waals surface area contributed by atoms with Crippen LogP contribution in [0.25, 0.3) is 0 Å². The standard InChI is InChI=1S/C17H22O2/c1-17(2,9-3-5-10(18)6-4-9)13-7-12-15-11(13)8-14(19)16(12)15/h3-6,11-16,18-19H,7-8H2,1-2H3. The van der Waals surface area contributed by atoms with Gasteiger partial charge in [-0.2, -0.15) is 0 Å². The summed E-state index contributed by atoms with van der Waals surface area (Å²) in [4.78, 5) is 0. The minimum Gasteiger partial charge on any atom is -0.508 e. The van der Waals surface area contributed by atoms with Crippen molar-refractivity contribution >= 4 is 0 Å². The van der Waals surface area contributed by atoms with E-state index in [1.54, 1.807) is 12.1 Å². The molecule has 2 heteroatoms. The van der Waals surface area contributed by atoms with Gasteiger partial charge in [0.25, 0.3) is 0 Å². The monoisotopic (exact) mass is 258 g/mol. The van der Waals surface area contributed by atoms with Gasteiger partial charge in [-0.15, -0.1) is 0 Å². The van der Waals surface area contributed by atoms with E-state index < -0.39 is 0 Å². The molecule has 3 aliphatic carbocycles. The molecule has 0 amide bonds. The highest BCUT2D eigenvalue weighted by Crippen LogP contribution is 2.72. The van der Waals surface area contributed by atoms with Gasteiger partial charge in [0.1, 0.15) is 5.75 Å². The number of hydrogen-bond acceptors (Lipinski definition) is 2. The van der Waals surface area contributed by atoms with Crippen LogP contribution in [0.5, 0.6) is 5.75 Å². The quantitative estimate of drug-likeness (QED) is 0.856. The Labute approximate surface area is 114 Å². The van der Waals surface area contributed by atoms with E-state index in [1.807, 2.05) is 0 Å². The van der Waals surface area contributed by atoms with Crippen molar-refractivity contribution in [3.05, 3.63) is 29.8 Å². The molecule has 3 saturated carbocycles. The topological polar surface area (TPSA) is 40.5 Å². The van der Waals surface area contributed by atoms with Gasteiger partial charge in [0.15, 0.2) is 0 Å². The molecular formula is C17H22O2. The number of rotatable bonds is 2. The molecule has 1 aromatic carbocycles. The van der Waals surface area contributed by atoms with Crippen LogP contribution >= 0.6 is 0 Å². The van der Waals surface area contributed by atoms with Crippen molar-refractivity contribution < 1.29 is 10.2 Å². The first kappa shape index (κ1) is 11.8. The summed E-state index contributed by atoms with van der Waals surface area (Å²) >= 11 is 0. The Kier molecular flexibility index (Phi) is 2.20. The fourth-order valence-corrected chi connectivity index (χ4v) is 5.32. The highest BCUT2D eigenvalue weighted by molar-refractivity contribution is 5.33. The maximum Gasteiger partial charge on any atom is 0.115 e. The maximum atomic E-state index is 10.1. The molecule has 0 aromatic heterocycles. The van der Waals surface area contributed by atoms with Crippen LogP contribution < -0.4 is 0 Å². The van der Waals surface area contributed by atoms with Crippen molar-refractivity contribution in [3.63, 3.8) is 0 Å². The Bertz CT molecular complexity index is 504. The lowest BCUT2D eigenvalue weighted by Gasteiger charge is -2.36. The molecule has 6 unspecified atom stereocenters. The molecule has 0 saturated heterocycles. The minimum absolute atomic E-state index is 0.0272. The zero-order valence-corrected chi connectivity index (χ0v) is 11.6. The van der Waals surface area contributed by atoms with Crippen LogP contribution in [-0.4, -0.2) is 16.3 Å². The number of phenols is 1. The summed E-state index contributed by atoms with van der Waals surface area (Å²) in [6, 6.07) is 7.70. The van der Waals surface area contributed by atoms with Crippen molar-refractivity contribution in [2.75, 3.05) is 0 Å². The molecule has 2 nitrogen and oxygen atoms in total. The van der Waals surface area contributed by atoms with Crippen molar-refractivity contribution in [2.45, 2.75) is 38.2 Å². The molecule has 0 radical (unpaired) electrons. The zero-order valence-electron chi connectivity index (χ0n) is 11.6. The van der Waals surface area contributed by atoms with Crippen molar-refractivity contribution in [3.8, 4) is 5.75 Å². The summed E-state index contributed by atoms with van der Waals surface area (Å²) in [6.45, 7) is 4.66. The van der Waals surface area contributed by atoms with E-state index in [1.165, 1.54) is 12.0 Å². The molecule has 4 rings (SSSR count). The average molecular weight is 258 g/mol. The van der Waals surface area contributed by atoms with Gasteiger partial charge in [0.2, 0.25) is 0 Å². The van der Waals surface area contributed by atoms with Gasteiger partial charge in [0, 0.05) is 0 Å². The summed E-state index contributed by atoms with van der Waals surface area (Å²) < 4.78 is 0. The predicted octanol–water partition coefficient (Wildman–Crippen LogP) is 2.93. The minimum atomic E-state index is -0.0272. The van der Waals surface area contributed by atoms with Gasteiger partial charge in [-0.25, -0.2) is 0 Å². The molecule has 102 valence electrons. The second kappa shape index (κ2) is 3.54. The van der Waals surface area contributed by atoms with Gasteiger partial charge in [0.05, 0.1) is 6.10 Å². The van der Waals surface area contributed by atoms with E-state index in [0.717, 1.165) is 18.3 Å². The highest BCUT2D eigenvalue weighted by atomic mass is 16.3. The lowest BCUT2D eigenvalue weighted by molar-refractivity contribution is 0.144. The van der Waals surface area contributed by atoms with E-state index in [4.69, 9.17) is 0 Å². The number of aliphatic hydroxyl groups excluding tert-OH is 1. The fourth-order valence-electron chi connectivity index (χ4n) is 5.32. The number of fused-ring (bicyclic) bond motifs is 1. The number of benzene rings is 1. The lowest BCUT2D eigenvalue weighted by atomic mass is 9.68. The Morgan fingerprint density at radius 1 is 1.00 bits per heavy atom. The first-order chi connectivity index (χ1) is 9.00. The first-order valence-corrected chi connectivity index (χ1v) is 7.47. The fraction of sp³-hybridized carbons (Fsp3) is 0.647. The summed E-state index contributed by atoms with van der Waals surface area (Å²) in [5.41, 5.74) is 1.45. The number of aromatic hydroxyl groups is 1. The molecule has 3 aliphatic rings. The third-order valence-electron chi connectivity index (χ3n) is 6.33. The molecular weight excluding hydrogens is 236 g/mol. The summed E-state index contributed by atoms with van der Waals surface area (Å²) in [5, 5.41) is 19.5. The van der Waals surface area contributed by atoms with Crippen LogP contribution in [-0.2, 0) is 5.41 Å². The van der Waals surface area contributed by atoms with Crippen LogP contribution in [0, 0.1) is 29.6 Å². The predicted molar refractivity (Wildman–Crippen MR) is 73.8 cm³/mol. The van der Waals surface area contributed by atoms with Gasteiger partial charge < -0.3 is 10.2 Å². The smallest absolute Gasteiger partial charge is 0.115 e. The Morgan fingerprint density at radius 3 is 2.32 bits per heavy atom. The second-order valence-electron chi connectivity index (χ2n) is 7.40. The van der Waals surface area contributed by atoms with Gasteiger partial charge in [-0.1, -0.05) is 26.0 Å². The van der Waals surface area contributed by atoms with Crippen LogP contribution in [0.15, 0.2) is 24.3 Å². The van der Waals surface area contributed by atoms with E-state index in [0.29, 0.717) is 23.5 Å². The maximum absolute atomic E-state index is 10.1. The summed E-state index contributed by atoms with van der Waals surface area (Å²) in [6.07, 6.45) is 2.27. The van der Waals surface area contributed by atoms with E-state index in [-0.39, 0.29) is 11.5 Å². The van der Waals surface area contributed by atoms with Crippen LogP contribution in [0.2, 0.25) is 0 Å². The molecule has 0 aliphatic heterocycles. The Balaban J connectivity index is 1.63. The van der Waals surface area contributed by atoms with E-state index in [2.05, 4.69) is 26.0 Å². The Morgan fingerprint density at radius 2 is 1.68 bits per heavy atom. The van der Waals surface area contributed by atoms with Gasteiger partial charge >= 0.3 is 0 Å². The summed E-state index contributed by atoms with van der Waals surface area (Å²) in [5.74, 6) is 3.99. The van der Waals surface area contributed by atoms with E-state index in [9.17, 15) is 10.2 Å². The van der Waals surface area contributed by atoms with Gasteiger partial charge in [-0.3, -0.25) is 0 Å². The van der Waals surface area contributed by atoms with Crippen LogP contribution in [0.3, 0.4) is 0 Å². The normalized spacial score (nSPS) is 43.3. The molecule has 3 fully saturated rings. The third kappa shape index (κ3) is 1.47. The molecule has 2 N–H and O–H groups in total. The van der Waals surface area contributed by atoms with E-state index >= 15 is 0 Å². The zero-order chi connectivity index (χ0) is 13.4. The molecule has 0 heterocycles. The molecule has 6 atom stereocenters. The SMILES string of the molecule is CC(C)(c1ccc(O)cc1)C1CC2C3C(O)CC1C23. The molecule has 1 aromatic rings. The summed E-state index contributed by atoms with van der Waals surface area (Å²) in [7, 11) is 0. The number of aliphatic hydroxyl groups is 1. The van der Waals surface area contributed by atoms with Crippen LogP contribution in [0.1, 0.15) is 32.3 Å². The van der Waals surface area contributed by atoms with Crippen LogP contribution in [0.4, 0.5) is 0 Å². The van der Waals surface area contributed by atoms with Crippen molar-refractivity contribution in [1.82, 2.24) is 0 Å². The Hall–Kier alpha value is -1.02. The largest absolute Gasteiger partial charge is 0.508 e. The molecule has 19 heavy (non-hydrogen) atoms. The van der Waals surface area contributed by atoms with Crippen molar-refractivity contribution in [1.29, 1.82) is 0 Å². The third-order valence-corrected chi connectivity index (χ3v) is 6.33. The molecule has 0 spiro atoms. The highest BCUT2D eigenvalue weighted by Gasteiger charge is 2.70. The number of hydrogen-bond donors (Lipinski definition) is 2. The average Bonchev–Trinajstić information content (AvgIpc) is 2.87. The second-order valence-corrected chi connectivity index (χ2v) is 7.40. The first-order valence-electron chi connectivity index (χ1n) is 7.47.